The number of hydrogen-bond donors (Lipinski definition) is 2. The Kier molecular flexibility index (Phi) is 9.25. The molecule has 5 nitrogen and oxygen atoms in total. The van der Waals surface area contributed by atoms with E-state index in [1.165, 1.54) is 19.3 Å². The molecule has 6 heteroatoms. The SMILES string of the molecule is CCCN(CCCC(=NNC(N)=S)c1ccccc1)C(=O)C1CCCCC1. The number of carbonyl (C=O) groups is 1. The van der Waals surface area contributed by atoms with Gasteiger partial charge < -0.3 is 10.6 Å². The number of hydrogen-bond acceptors (Lipinski definition) is 3. The van der Waals surface area contributed by atoms with E-state index in [0.717, 1.165) is 56.5 Å². The number of rotatable bonds is 9. The van der Waals surface area contributed by atoms with E-state index in [1.54, 1.807) is 0 Å². The Morgan fingerprint density at radius 3 is 2.56 bits per heavy atom. The number of nitrogens with one attached hydrogen (secondary N) is 1. The standard InChI is InChI=1S/C21H32N4OS/c1-2-15-25(20(26)18-12-7-4-8-13-18)16-9-14-19(23-24-21(22)27)17-10-5-3-6-11-17/h3,5-6,10-11,18H,2,4,7-9,12-16H2,1H3,(H3,22,24,27). The first kappa shape index (κ1) is 21.4. The lowest BCUT2D eigenvalue weighted by Crippen LogP contribution is -2.38. The normalized spacial score (nSPS) is 15.4. The Morgan fingerprint density at radius 2 is 1.93 bits per heavy atom. The van der Waals surface area contributed by atoms with Gasteiger partial charge in [0, 0.05) is 19.0 Å². The van der Waals surface area contributed by atoms with E-state index in [9.17, 15) is 4.79 Å². The topological polar surface area (TPSA) is 70.7 Å². The summed E-state index contributed by atoms with van der Waals surface area (Å²) in [5.41, 5.74) is 10.2. The maximum absolute atomic E-state index is 12.9. The van der Waals surface area contributed by atoms with Crippen LogP contribution in [0.25, 0.3) is 0 Å². The third kappa shape index (κ3) is 7.29. The molecule has 1 aromatic carbocycles. The number of hydrazone groups is 1. The summed E-state index contributed by atoms with van der Waals surface area (Å²) in [6.45, 7) is 3.73. The van der Waals surface area contributed by atoms with Gasteiger partial charge in [-0.05, 0) is 49.9 Å². The van der Waals surface area contributed by atoms with Crippen molar-refractivity contribution in [1.29, 1.82) is 0 Å². The van der Waals surface area contributed by atoms with E-state index in [0.29, 0.717) is 5.91 Å². The van der Waals surface area contributed by atoms with Gasteiger partial charge in [-0.15, -0.1) is 0 Å². The molecule has 0 radical (unpaired) electrons. The monoisotopic (exact) mass is 388 g/mol. The van der Waals surface area contributed by atoms with Gasteiger partial charge in [0.15, 0.2) is 5.11 Å². The summed E-state index contributed by atoms with van der Waals surface area (Å²) in [7, 11) is 0. The molecule has 0 unspecified atom stereocenters. The predicted octanol–water partition coefficient (Wildman–Crippen LogP) is 3.82. The molecule has 0 spiro atoms. The van der Waals surface area contributed by atoms with Crippen molar-refractivity contribution in [3.8, 4) is 0 Å². The summed E-state index contributed by atoms with van der Waals surface area (Å²) in [5, 5.41) is 4.52. The molecule has 148 valence electrons. The van der Waals surface area contributed by atoms with Crippen LogP contribution in [0, 0.1) is 5.92 Å². The Morgan fingerprint density at radius 1 is 1.22 bits per heavy atom. The summed E-state index contributed by atoms with van der Waals surface area (Å²) in [4.78, 5) is 15.0. The van der Waals surface area contributed by atoms with Crippen LogP contribution in [-0.2, 0) is 4.79 Å². The summed E-state index contributed by atoms with van der Waals surface area (Å²) in [6.07, 6.45) is 8.35. The fraction of sp³-hybridized carbons (Fsp3) is 0.571. The molecule has 0 atom stereocenters. The lowest BCUT2D eigenvalue weighted by atomic mass is 9.88. The largest absolute Gasteiger partial charge is 0.375 e. The second kappa shape index (κ2) is 11.7. The zero-order valence-corrected chi connectivity index (χ0v) is 17.1. The van der Waals surface area contributed by atoms with Crippen LogP contribution in [0.15, 0.2) is 35.4 Å². The van der Waals surface area contributed by atoms with Gasteiger partial charge in [0.1, 0.15) is 0 Å². The van der Waals surface area contributed by atoms with Crippen LogP contribution in [0.3, 0.4) is 0 Å². The van der Waals surface area contributed by atoms with Gasteiger partial charge >= 0.3 is 0 Å². The van der Waals surface area contributed by atoms with Crippen LogP contribution < -0.4 is 11.2 Å². The average molecular weight is 389 g/mol. The summed E-state index contributed by atoms with van der Waals surface area (Å²) >= 11 is 4.87. The molecule has 0 aliphatic heterocycles. The highest BCUT2D eigenvalue weighted by molar-refractivity contribution is 7.80. The predicted molar refractivity (Wildman–Crippen MR) is 116 cm³/mol. The summed E-state index contributed by atoms with van der Waals surface area (Å²) in [6, 6.07) is 10.0. The second-order valence-corrected chi connectivity index (χ2v) is 7.60. The molecular weight excluding hydrogens is 356 g/mol. The third-order valence-corrected chi connectivity index (χ3v) is 5.10. The van der Waals surface area contributed by atoms with Crippen molar-refractivity contribution in [3.63, 3.8) is 0 Å². The zero-order valence-electron chi connectivity index (χ0n) is 16.3. The lowest BCUT2D eigenvalue weighted by molar-refractivity contribution is -0.136. The summed E-state index contributed by atoms with van der Waals surface area (Å²) < 4.78 is 0. The Balaban J connectivity index is 1.96. The molecule has 0 bridgehead atoms. The average Bonchev–Trinajstić information content (AvgIpc) is 2.70. The molecule has 0 aromatic heterocycles. The van der Waals surface area contributed by atoms with E-state index in [4.69, 9.17) is 18.0 Å². The van der Waals surface area contributed by atoms with Gasteiger partial charge in [-0.1, -0.05) is 56.5 Å². The van der Waals surface area contributed by atoms with Gasteiger partial charge in [-0.3, -0.25) is 10.2 Å². The molecular formula is C21H32N4OS. The van der Waals surface area contributed by atoms with Crippen molar-refractivity contribution >= 4 is 28.9 Å². The van der Waals surface area contributed by atoms with E-state index in [1.807, 2.05) is 30.3 Å². The van der Waals surface area contributed by atoms with Crippen LogP contribution >= 0.6 is 12.2 Å². The fourth-order valence-corrected chi connectivity index (χ4v) is 3.71. The van der Waals surface area contributed by atoms with Crippen LogP contribution in [0.2, 0.25) is 0 Å². The van der Waals surface area contributed by atoms with Gasteiger partial charge in [0.25, 0.3) is 0 Å². The maximum Gasteiger partial charge on any atom is 0.225 e. The molecule has 27 heavy (non-hydrogen) atoms. The van der Waals surface area contributed by atoms with E-state index in [2.05, 4.69) is 22.4 Å². The van der Waals surface area contributed by atoms with Crippen LogP contribution in [0.4, 0.5) is 0 Å². The number of thiocarbonyl (C=S) groups is 1. The van der Waals surface area contributed by atoms with E-state index in [-0.39, 0.29) is 11.0 Å². The smallest absolute Gasteiger partial charge is 0.225 e. The minimum atomic E-state index is 0.156. The zero-order chi connectivity index (χ0) is 19.5. The number of nitrogens with two attached hydrogens (primary N) is 1. The molecule has 2 rings (SSSR count). The van der Waals surface area contributed by atoms with Gasteiger partial charge in [0.2, 0.25) is 5.91 Å². The molecule has 3 N–H and O–H groups in total. The van der Waals surface area contributed by atoms with Crippen molar-refractivity contribution in [3.05, 3.63) is 35.9 Å². The van der Waals surface area contributed by atoms with Gasteiger partial charge in [-0.2, -0.15) is 5.10 Å². The highest BCUT2D eigenvalue weighted by atomic mass is 32.1. The van der Waals surface area contributed by atoms with Gasteiger partial charge in [0.05, 0.1) is 5.71 Å². The minimum Gasteiger partial charge on any atom is -0.375 e. The van der Waals surface area contributed by atoms with Crippen molar-refractivity contribution in [1.82, 2.24) is 10.3 Å². The molecule has 1 aliphatic rings. The third-order valence-electron chi connectivity index (χ3n) is 5.01. The quantitative estimate of drug-likeness (QED) is 0.383. The Bertz CT molecular complexity index is 626. The molecule has 1 aromatic rings. The maximum atomic E-state index is 12.9. The van der Waals surface area contributed by atoms with E-state index < -0.39 is 0 Å². The first-order valence-electron chi connectivity index (χ1n) is 10.1. The van der Waals surface area contributed by atoms with Crippen LogP contribution in [0.1, 0.15) is 63.9 Å². The molecule has 1 aliphatic carbocycles. The van der Waals surface area contributed by atoms with E-state index >= 15 is 0 Å². The summed E-state index contributed by atoms with van der Waals surface area (Å²) in [5.74, 6) is 0.569. The van der Waals surface area contributed by atoms with Gasteiger partial charge in [-0.25, -0.2) is 0 Å². The first-order chi connectivity index (χ1) is 13.1. The first-order valence-corrected chi connectivity index (χ1v) is 10.5. The van der Waals surface area contributed by atoms with Crippen molar-refractivity contribution in [2.24, 2.45) is 16.8 Å². The Hall–Kier alpha value is -1.95. The number of carbonyl (C=O) groups excluding carboxylic acids is 1. The number of nitrogens with zero attached hydrogens (tertiary/aromatic N) is 2. The highest BCUT2D eigenvalue weighted by Gasteiger charge is 2.25. The molecule has 1 fully saturated rings. The Labute approximate surface area is 168 Å². The lowest BCUT2D eigenvalue weighted by Gasteiger charge is -2.29. The molecule has 0 heterocycles. The van der Waals surface area contributed by atoms with Crippen molar-refractivity contribution in [2.45, 2.75) is 58.3 Å². The molecule has 1 saturated carbocycles. The van der Waals surface area contributed by atoms with Crippen molar-refractivity contribution < 1.29 is 4.79 Å². The van der Waals surface area contributed by atoms with Crippen LogP contribution in [-0.4, -0.2) is 34.7 Å². The van der Waals surface area contributed by atoms with Crippen LogP contribution in [0.5, 0.6) is 0 Å². The number of benzene rings is 1. The molecule has 0 saturated heterocycles. The fourth-order valence-electron chi connectivity index (χ4n) is 3.67. The number of amides is 1. The minimum absolute atomic E-state index is 0.156. The highest BCUT2D eigenvalue weighted by Crippen LogP contribution is 2.25. The van der Waals surface area contributed by atoms with Crippen molar-refractivity contribution in [2.75, 3.05) is 13.1 Å². The molecule has 1 amide bonds. The second-order valence-electron chi connectivity index (χ2n) is 7.16.